The summed E-state index contributed by atoms with van der Waals surface area (Å²) in [4.78, 5) is 12.4. The van der Waals surface area contributed by atoms with Crippen LogP contribution in [0.15, 0.2) is 0 Å². The maximum absolute atomic E-state index is 12.4. The first-order valence-corrected chi connectivity index (χ1v) is 6.88. The van der Waals surface area contributed by atoms with Gasteiger partial charge in [-0.15, -0.1) is 0 Å². The molecule has 84 valence electrons. The fraction of sp³-hybridized carbons (Fsp3) is 0.929. The molecule has 3 rings (SSSR count). The molecule has 3 aliphatic carbocycles. The zero-order chi connectivity index (χ0) is 10.3. The molecule has 3 saturated carbocycles. The SMILES string of the molecule is O=C(C1CCCCC1)C1CC2CCC1C2. The van der Waals surface area contributed by atoms with Gasteiger partial charge in [0, 0.05) is 11.8 Å². The van der Waals surface area contributed by atoms with Gasteiger partial charge in [-0.3, -0.25) is 4.79 Å². The average molecular weight is 206 g/mol. The fourth-order valence-corrected chi connectivity index (χ4v) is 4.28. The van der Waals surface area contributed by atoms with E-state index in [9.17, 15) is 4.79 Å². The van der Waals surface area contributed by atoms with Gasteiger partial charge in [0.2, 0.25) is 0 Å². The Bertz CT molecular complexity index is 252. The van der Waals surface area contributed by atoms with Gasteiger partial charge in [-0.1, -0.05) is 25.7 Å². The summed E-state index contributed by atoms with van der Waals surface area (Å²) in [5, 5.41) is 0. The van der Waals surface area contributed by atoms with Gasteiger partial charge in [-0.05, 0) is 43.9 Å². The molecule has 0 aromatic rings. The molecule has 1 heteroatoms. The van der Waals surface area contributed by atoms with E-state index >= 15 is 0 Å². The van der Waals surface area contributed by atoms with Gasteiger partial charge < -0.3 is 0 Å². The first-order valence-electron chi connectivity index (χ1n) is 6.88. The monoisotopic (exact) mass is 206 g/mol. The van der Waals surface area contributed by atoms with E-state index in [-0.39, 0.29) is 0 Å². The molecular weight excluding hydrogens is 184 g/mol. The van der Waals surface area contributed by atoms with Gasteiger partial charge in [0.05, 0.1) is 0 Å². The third-order valence-corrected chi connectivity index (χ3v) is 5.11. The number of rotatable bonds is 2. The molecule has 0 aromatic carbocycles. The van der Waals surface area contributed by atoms with E-state index in [1.54, 1.807) is 0 Å². The molecule has 3 fully saturated rings. The summed E-state index contributed by atoms with van der Waals surface area (Å²) in [7, 11) is 0. The first-order chi connectivity index (χ1) is 7.34. The van der Waals surface area contributed by atoms with Gasteiger partial charge in [-0.25, -0.2) is 0 Å². The molecule has 2 bridgehead atoms. The second kappa shape index (κ2) is 3.92. The van der Waals surface area contributed by atoms with Crippen molar-refractivity contribution in [3.05, 3.63) is 0 Å². The van der Waals surface area contributed by atoms with Crippen molar-refractivity contribution in [1.82, 2.24) is 0 Å². The maximum atomic E-state index is 12.4. The van der Waals surface area contributed by atoms with Gasteiger partial charge in [0.1, 0.15) is 5.78 Å². The van der Waals surface area contributed by atoms with Crippen LogP contribution in [0.3, 0.4) is 0 Å². The second-order valence-corrected chi connectivity index (χ2v) is 6.02. The molecule has 3 aliphatic rings. The van der Waals surface area contributed by atoms with Gasteiger partial charge in [-0.2, -0.15) is 0 Å². The molecule has 15 heavy (non-hydrogen) atoms. The minimum atomic E-state index is 0.461. The van der Waals surface area contributed by atoms with E-state index in [4.69, 9.17) is 0 Å². The molecule has 0 aliphatic heterocycles. The number of carbonyl (C=O) groups is 1. The van der Waals surface area contributed by atoms with Crippen LogP contribution in [0.4, 0.5) is 0 Å². The lowest BCUT2D eigenvalue weighted by Gasteiger charge is -2.27. The maximum Gasteiger partial charge on any atom is 0.139 e. The molecule has 0 heterocycles. The lowest BCUT2D eigenvalue weighted by Crippen LogP contribution is -2.29. The summed E-state index contributed by atoms with van der Waals surface area (Å²) in [5.74, 6) is 3.34. The number of hydrogen-bond donors (Lipinski definition) is 0. The topological polar surface area (TPSA) is 17.1 Å². The third kappa shape index (κ3) is 1.74. The summed E-state index contributed by atoms with van der Waals surface area (Å²) in [6, 6.07) is 0. The van der Waals surface area contributed by atoms with E-state index < -0.39 is 0 Å². The Balaban J connectivity index is 1.64. The number of Topliss-reactive ketones (excluding diaryl/α,β-unsaturated/α-hetero) is 1. The zero-order valence-corrected chi connectivity index (χ0v) is 9.58. The van der Waals surface area contributed by atoms with E-state index in [1.165, 1.54) is 57.8 Å². The lowest BCUT2D eigenvalue weighted by molar-refractivity contribution is -0.129. The zero-order valence-electron chi connectivity index (χ0n) is 9.58. The predicted octanol–water partition coefficient (Wildman–Crippen LogP) is 3.57. The quantitative estimate of drug-likeness (QED) is 0.675. The van der Waals surface area contributed by atoms with Crippen LogP contribution in [0.2, 0.25) is 0 Å². The van der Waals surface area contributed by atoms with Crippen LogP contribution in [0.5, 0.6) is 0 Å². The summed E-state index contributed by atoms with van der Waals surface area (Å²) in [6.45, 7) is 0. The minimum Gasteiger partial charge on any atom is -0.299 e. The highest BCUT2D eigenvalue weighted by Crippen LogP contribution is 2.50. The first kappa shape index (κ1) is 9.86. The Hall–Kier alpha value is -0.330. The lowest BCUT2D eigenvalue weighted by atomic mass is 9.76. The molecule has 0 N–H and O–H groups in total. The van der Waals surface area contributed by atoms with Crippen molar-refractivity contribution in [2.45, 2.75) is 57.8 Å². The average Bonchev–Trinajstić information content (AvgIpc) is 2.91. The second-order valence-electron chi connectivity index (χ2n) is 6.02. The van der Waals surface area contributed by atoms with E-state index in [1.807, 2.05) is 0 Å². The Labute approximate surface area is 92.6 Å². The van der Waals surface area contributed by atoms with Crippen LogP contribution < -0.4 is 0 Å². The molecule has 0 spiro atoms. The van der Waals surface area contributed by atoms with Crippen LogP contribution in [0, 0.1) is 23.7 Å². The molecule has 0 aromatic heterocycles. The van der Waals surface area contributed by atoms with Gasteiger partial charge in [0.15, 0.2) is 0 Å². The molecular formula is C14H22O. The van der Waals surface area contributed by atoms with Gasteiger partial charge >= 0.3 is 0 Å². The van der Waals surface area contributed by atoms with Crippen LogP contribution in [-0.4, -0.2) is 5.78 Å². The van der Waals surface area contributed by atoms with Crippen LogP contribution >= 0.6 is 0 Å². The summed E-state index contributed by atoms with van der Waals surface area (Å²) in [6.07, 6.45) is 11.8. The largest absolute Gasteiger partial charge is 0.299 e. The predicted molar refractivity (Wildman–Crippen MR) is 60.5 cm³/mol. The molecule has 3 unspecified atom stereocenters. The van der Waals surface area contributed by atoms with Crippen molar-refractivity contribution in [2.75, 3.05) is 0 Å². The van der Waals surface area contributed by atoms with Crippen LogP contribution in [0.25, 0.3) is 0 Å². The van der Waals surface area contributed by atoms with E-state index in [0.29, 0.717) is 17.6 Å². The Morgan fingerprint density at radius 1 is 0.867 bits per heavy atom. The summed E-state index contributed by atoms with van der Waals surface area (Å²) in [5.41, 5.74) is 0. The Kier molecular flexibility index (Phi) is 2.58. The highest BCUT2D eigenvalue weighted by atomic mass is 16.1. The number of ketones is 1. The van der Waals surface area contributed by atoms with Crippen molar-refractivity contribution < 1.29 is 4.79 Å². The van der Waals surface area contributed by atoms with Crippen molar-refractivity contribution >= 4 is 5.78 Å². The van der Waals surface area contributed by atoms with Crippen molar-refractivity contribution in [2.24, 2.45) is 23.7 Å². The Morgan fingerprint density at radius 2 is 1.67 bits per heavy atom. The summed E-state index contributed by atoms with van der Waals surface area (Å²) < 4.78 is 0. The Morgan fingerprint density at radius 3 is 2.27 bits per heavy atom. The molecule has 3 atom stereocenters. The van der Waals surface area contributed by atoms with Gasteiger partial charge in [0.25, 0.3) is 0 Å². The molecule has 1 nitrogen and oxygen atoms in total. The van der Waals surface area contributed by atoms with E-state index in [0.717, 1.165) is 11.8 Å². The molecule has 0 radical (unpaired) electrons. The number of carbonyl (C=O) groups excluding carboxylic acids is 1. The number of hydrogen-bond acceptors (Lipinski definition) is 1. The third-order valence-electron chi connectivity index (χ3n) is 5.11. The normalized spacial score (nSPS) is 40.9. The highest BCUT2D eigenvalue weighted by Gasteiger charge is 2.44. The van der Waals surface area contributed by atoms with E-state index in [2.05, 4.69) is 0 Å². The standard InChI is InChI=1S/C14H22O/c15-14(11-4-2-1-3-5-11)13-9-10-6-7-12(13)8-10/h10-13H,1-9H2. The smallest absolute Gasteiger partial charge is 0.139 e. The highest BCUT2D eigenvalue weighted by molar-refractivity contribution is 5.84. The van der Waals surface area contributed by atoms with Crippen molar-refractivity contribution in [1.29, 1.82) is 0 Å². The minimum absolute atomic E-state index is 0.461. The fourth-order valence-electron chi connectivity index (χ4n) is 4.28. The van der Waals surface area contributed by atoms with Crippen molar-refractivity contribution in [3.8, 4) is 0 Å². The van der Waals surface area contributed by atoms with Crippen LogP contribution in [0.1, 0.15) is 57.8 Å². The molecule has 0 amide bonds. The summed E-state index contributed by atoms with van der Waals surface area (Å²) >= 11 is 0. The van der Waals surface area contributed by atoms with Crippen LogP contribution in [-0.2, 0) is 4.79 Å². The molecule has 0 saturated heterocycles. The van der Waals surface area contributed by atoms with Crippen molar-refractivity contribution in [3.63, 3.8) is 0 Å². The number of fused-ring (bicyclic) bond motifs is 2.